The van der Waals surface area contributed by atoms with Gasteiger partial charge in [0.1, 0.15) is 0 Å². The van der Waals surface area contributed by atoms with Crippen molar-refractivity contribution in [2.75, 3.05) is 32.8 Å². The molecule has 1 aliphatic heterocycles. The molecule has 164 valence electrons. The van der Waals surface area contributed by atoms with Crippen molar-refractivity contribution in [1.82, 2.24) is 10.2 Å². The van der Waals surface area contributed by atoms with E-state index < -0.39 is 0 Å². The topological polar surface area (TPSA) is 58.6 Å². The van der Waals surface area contributed by atoms with Crippen molar-refractivity contribution in [3.05, 3.63) is 77.9 Å². The molecule has 2 aromatic rings. The normalized spacial score (nSPS) is 14.6. The third-order valence-corrected chi connectivity index (χ3v) is 5.54. The minimum atomic E-state index is -0.0128. The van der Waals surface area contributed by atoms with E-state index in [-0.39, 0.29) is 17.7 Å². The molecule has 0 radical (unpaired) electrons. The third kappa shape index (κ3) is 8.02. The Morgan fingerprint density at radius 2 is 1.65 bits per heavy atom. The van der Waals surface area contributed by atoms with Gasteiger partial charge in [-0.2, -0.15) is 0 Å². The Hall–Kier alpha value is -2.92. The largest absolute Gasteiger partial charge is 0.381 e. The quantitative estimate of drug-likeness (QED) is 0.471. The van der Waals surface area contributed by atoms with E-state index in [0.717, 1.165) is 18.4 Å². The van der Waals surface area contributed by atoms with Gasteiger partial charge in [0.25, 0.3) is 0 Å². The number of carbonyl (C=O) groups is 2. The summed E-state index contributed by atoms with van der Waals surface area (Å²) in [5.74, 6) is 0.0905. The Kier molecular flexibility index (Phi) is 9.32. The number of nitrogens with zero attached hydrogens (tertiary/aromatic N) is 1. The number of likely N-dealkylation sites (tertiary alicyclic amines) is 1. The van der Waals surface area contributed by atoms with E-state index in [1.54, 1.807) is 6.08 Å². The molecule has 1 fully saturated rings. The van der Waals surface area contributed by atoms with E-state index in [2.05, 4.69) is 17.4 Å². The molecule has 0 unspecified atom stereocenters. The Morgan fingerprint density at radius 3 is 2.35 bits per heavy atom. The number of carbonyl (C=O) groups excluding carboxylic acids is 2. The fourth-order valence-corrected chi connectivity index (χ4v) is 3.67. The van der Waals surface area contributed by atoms with Crippen LogP contribution in [0.4, 0.5) is 0 Å². The van der Waals surface area contributed by atoms with Gasteiger partial charge in [0.2, 0.25) is 11.8 Å². The SMILES string of the molecule is O=C(NCCCOCCc1ccccc1)C1CCN(C(=O)C=Cc2ccccc2)CC1. The molecule has 1 saturated heterocycles. The van der Waals surface area contributed by atoms with Crippen LogP contribution in [-0.2, 0) is 20.7 Å². The first-order chi connectivity index (χ1) is 15.2. The molecule has 3 rings (SSSR count). The molecule has 5 heteroatoms. The van der Waals surface area contributed by atoms with Crippen LogP contribution in [0.5, 0.6) is 0 Å². The lowest BCUT2D eigenvalue weighted by Crippen LogP contribution is -2.42. The Balaban J connectivity index is 1.25. The van der Waals surface area contributed by atoms with Crippen LogP contribution < -0.4 is 5.32 Å². The second kappa shape index (κ2) is 12.7. The molecule has 31 heavy (non-hydrogen) atoms. The van der Waals surface area contributed by atoms with Gasteiger partial charge in [-0.05, 0) is 42.9 Å². The molecule has 1 aliphatic rings. The molecule has 0 saturated carbocycles. The molecule has 0 aromatic heterocycles. The molecule has 0 bridgehead atoms. The van der Waals surface area contributed by atoms with Crippen LogP contribution in [0.1, 0.15) is 30.4 Å². The van der Waals surface area contributed by atoms with Crippen molar-refractivity contribution in [3.8, 4) is 0 Å². The maximum Gasteiger partial charge on any atom is 0.246 e. The molecule has 2 amide bonds. The molecular formula is C26H32N2O3. The van der Waals surface area contributed by atoms with Gasteiger partial charge in [-0.25, -0.2) is 0 Å². The monoisotopic (exact) mass is 420 g/mol. The number of benzene rings is 2. The lowest BCUT2D eigenvalue weighted by Gasteiger charge is -2.30. The summed E-state index contributed by atoms with van der Waals surface area (Å²) in [5.41, 5.74) is 2.28. The predicted molar refractivity (Wildman–Crippen MR) is 123 cm³/mol. The molecule has 1 heterocycles. The zero-order valence-electron chi connectivity index (χ0n) is 18.0. The lowest BCUT2D eigenvalue weighted by atomic mass is 9.96. The summed E-state index contributed by atoms with van der Waals surface area (Å²) in [6.45, 7) is 3.22. The minimum Gasteiger partial charge on any atom is -0.381 e. The van der Waals surface area contributed by atoms with Crippen LogP contribution >= 0.6 is 0 Å². The highest BCUT2D eigenvalue weighted by atomic mass is 16.5. The van der Waals surface area contributed by atoms with Gasteiger partial charge in [0, 0.05) is 38.2 Å². The van der Waals surface area contributed by atoms with Crippen LogP contribution in [0.3, 0.4) is 0 Å². The van der Waals surface area contributed by atoms with E-state index in [1.807, 2.05) is 59.5 Å². The van der Waals surface area contributed by atoms with Gasteiger partial charge in [0.15, 0.2) is 0 Å². The van der Waals surface area contributed by atoms with Crippen molar-refractivity contribution in [2.24, 2.45) is 5.92 Å². The van der Waals surface area contributed by atoms with Gasteiger partial charge < -0.3 is 15.0 Å². The van der Waals surface area contributed by atoms with Crippen molar-refractivity contribution < 1.29 is 14.3 Å². The second-order valence-electron chi connectivity index (χ2n) is 7.84. The summed E-state index contributed by atoms with van der Waals surface area (Å²) < 4.78 is 5.66. The fourth-order valence-electron chi connectivity index (χ4n) is 3.67. The van der Waals surface area contributed by atoms with Crippen molar-refractivity contribution in [1.29, 1.82) is 0 Å². The van der Waals surface area contributed by atoms with Crippen molar-refractivity contribution in [3.63, 3.8) is 0 Å². The maximum atomic E-state index is 12.4. The van der Waals surface area contributed by atoms with Gasteiger partial charge in [-0.15, -0.1) is 0 Å². The van der Waals surface area contributed by atoms with Gasteiger partial charge in [0.05, 0.1) is 6.61 Å². The van der Waals surface area contributed by atoms with Crippen LogP contribution in [0.25, 0.3) is 6.08 Å². The van der Waals surface area contributed by atoms with E-state index in [4.69, 9.17) is 4.74 Å². The second-order valence-corrected chi connectivity index (χ2v) is 7.84. The van der Waals surface area contributed by atoms with E-state index in [1.165, 1.54) is 5.56 Å². The fraction of sp³-hybridized carbons (Fsp3) is 0.385. The van der Waals surface area contributed by atoms with Gasteiger partial charge >= 0.3 is 0 Å². The Bertz CT molecular complexity index is 828. The molecule has 0 spiro atoms. The molecule has 0 atom stereocenters. The summed E-state index contributed by atoms with van der Waals surface area (Å²) >= 11 is 0. The third-order valence-electron chi connectivity index (χ3n) is 5.54. The summed E-state index contributed by atoms with van der Waals surface area (Å²) in [6, 6.07) is 20.1. The average Bonchev–Trinajstić information content (AvgIpc) is 2.83. The number of ether oxygens (including phenoxy) is 1. The number of nitrogens with one attached hydrogen (secondary N) is 1. The molecule has 2 aromatic carbocycles. The molecule has 5 nitrogen and oxygen atoms in total. The van der Waals surface area contributed by atoms with Gasteiger partial charge in [-0.1, -0.05) is 60.7 Å². The Morgan fingerprint density at radius 1 is 0.968 bits per heavy atom. The maximum absolute atomic E-state index is 12.4. The first kappa shape index (κ1) is 22.8. The highest BCUT2D eigenvalue weighted by Gasteiger charge is 2.26. The zero-order chi connectivity index (χ0) is 21.7. The minimum absolute atomic E-state index is 0.00960. The summed E-state index contributed by atoms with van der Waals surface area (Å²) in [5, 5.41) is 3.02. The lowest BCUT2D eigenvalue weighted by molar-refractivity contribution is -0.132. The first-order valence-corrected chi connectivity index (χ1v) is 11.1. The molecule has 0 aliphatic carbocycles. The number of hydrogen-bond donors (Lipinski definition) is 1. The predicted octanol–water partition coefficient (Wildman–Crippen LogP) is 3.70. The zero-order valence-corrected chi connectivity index (χ0v) is 18.0. The highest BCUT2D eigenvalue weighted by Crippen LogP contribution is 2.18. The molecule has 1 N–H and O–H groups in total. The van der Waals surface area contributed by atoms with Crippen molar-refractivity contribution >= 4 is 17.9 Å². The van der Waals surface area contributed by atoms with Crippen LogP contribution in [0.15, 0.2) is 66.7 Å². The summed E-state index contributed by atoms with van der Waals surface area (Å²) in [6.07, 6.45) is 6.60. The number of amides is 2. The summed E-state index contributed by atoms with van der Waals surface area (Å²) in [4.78, 5) is 26.6. The molecular weight excluding hydrogens is 388 g/mol. The smallest absolute Gasteiger partial charge is 0.246 e. The number of piperidine rings is 1. The van der Waals surface area contributed by atoms with Crippen LogP contribution in [0, 0.1) is 5.92 Å². The van der Waals surface area contributed by atoms with Crippen LogP contribution in [0.2, 0.25) is 0 Å². The van der Waals surface area contributed by atoms with E-state index in [9.17, 15) is 9.59 Å². The first-order valence-electron chi connectivity index (χ1n) is 11.1. The Labute approximate surface area is 185 Å². The van der Waals surface area contributed by atoms with Crippen molar-refractivity contribution in [2.45, 2.75) is 25.7 Å². The average molecular weight is 421 g/mol. The van der Waals surface area contributed by atoms with E-state index >= 15 is 0 Å². The number of hydrogen-bond acceptors (Lipinski definition) is 3. The number of rotatable bonds is 10. The van der Waals surface area contributed by atoms with Crippen LogP contribution in [-0.4, -0.2) is 49.6 Å². The van der Waals surface area contributed by atoms with Gasteiger partial charge in [-0.3, -0.25) is 9.59 Å². The highest BCUT2D eigenvalue weighted by molar-refractivity contribution is 5.92. The van der Waals surface area contributed by atoms with E-state index in [0.29, 0.717) is 45.7 Å². The standard InChI is InChI=1S/C26H32N2O3/c29-25(13-12-22-8-3-1-4-9-22)28-18-14-24(15-19-28)26(30)27-17-7-20-31-21-16-23-10-5-2-6-11-23/h1-6,8-13,24H,7,14-21H2,(H,27,30). The summed E-state index contributed by atoms with van der Waals surface area (Å²) in [7, 11) is 0.